The van der Waals surface area contributed by atoms with Gasteiger partial charge in [0.05, 0.1) is 86.1 Å². The molecule has 87 heavy (non-hydrogen) atoms. The molecule has 0 amide bonds. The van der Waals surface area contributed by atoms with E-state index in [2.05, 4.69) is 16.0 Å². The van der Waals surface area contributed by atoms with Crippen molar-refractivity contribution in [2.75, 3.05) is 313 Å². The number of rotatable bonds is 46. The number of hydrogen-bond acceptors (Lipinski definition) is 21. The van der Waals surface area contributed by atoms with Gasteiger partial charge in [0.15, 0.2) is 0 Å². The van der Waals surface area contributed by atoms with E-state index in [9.17, 15) is 48.3 Å². The number of alkyl halides is 11. The second-order valence-corrected chi connectivity index (χ2v) is 17.8. The Bertz CT molecular complexity index is 975. The zero-order chi connectivity index (χ0) is 69.3. The Morgan fingerprint density at radius 3 is 0.828 bits per heavy atom. The molecule has 544 valence electrons. The van der Waals surface area contributed by atoms with Crippen LogP contribution >= 0.6 is 0 Å². The van der Waals surface area contributed by atoms with Gasteiger partial charge in [0.1, 0.15) is 53.9 Å². The predicted octanol–water partition coefficient (Wildman–Crippen LogP) is 1.24. The normalized spacial score (nSPS) is 10.3. The average molecular weight is 1310 g/mol. The first kappa shape index (κ1) is 110. The monoisotopic (exact) mass is 1310 g/mol. The van der Waals surface area contributed by atoms with E-state index in [1.54, 1.807) is 42.9 Å². The summed E-state index contributed by atoms with van der Waals surface area (Å²) in [6.45, 7) is 17.1. The maximum Gasteiger partial charge on any atom is 0.143 e. The number of nitrogens with zero attached hydrogens (tertiary/aromatic N) is 8. The van der Waals surface area contributed by atoms with E-state index in [1.807, 2.05) is 49.4 Å². The number of aliphatic hydroxyl groups excluding tert-OH is 10. The number of aliphatic hydroxyl groups is 10. The van der Waals surface area contributed by atoms with Gasteiger partial charge < -0.3 is 81.3 Å². The number of hydrogen-bond donors (Lipinski definition) is 13. The molecule has 0 aliphatic heterocycles. The molecule has 0 saturated carbocycles. The van der Waals surface area contributed by atoms with E-state index >= 15 is 0 Å². The highest BCUT2D eigenvalue weighted by Gasteiger charge is 2.01. The Labute approximate surface area is 519 Å². The van der Waals surface area contributed by atoms with E-state index in [1.165, 1.54) is 9.80 Å². The van der Waals surface area contributed by atoms with Gasteiger partial charge in [0, 0.05) is 105 Å². The summed E-state index contributed by atoms with van der Waals surface area (Å²) >= 11 is 0. The first-order chi connectivity index (χ1) is 41.8. The summed E-state index contributed by atoms with van der Waals surface area (Å²) in [5.41, 5.74) is 0. The minimum absolute atomic E-state index is 0.00389. The Morgan fingerprint density at radius 2 is 0.575 bits per heavy atom. The summed E-state index contributed by atoms with van der Waals surface area (Å²) in [7, 11) is 8.79. The summed E-state index contributed by atoms with van der Waals surface area (Å²) in [6, 6.07) is 0. The van der Waals surface area contributed by atoms with Crippen LogP contribution in [0.4, 0.5) is 48.3 Å². The Morgan fingerprint density at radius 1 is 0.253 bits per heavy atom. The fourth-order valence-corrected chi connectivity index (χ4v) is 4.94. The molecular formula is C55H132F11N11O10. The summed E-state index contributed by atoms with van der Waals surface area (Å²) in [5.74, 6) is 0. The molecule has 0 unspecified atom stereocenters. The SMILES string of the molecule is CCCN(C)C[18F].CCN(CCO)CCC[18F].CCN(CCO)CC[18F].CCN(C[18F])CCO.CN(CCO)CCC[18F].CN(CCO)CC[18F].CN(CCO)CC[18F].CN(C[18F])CCO.OCCNCCC[18F].OCCNCC[18F].OCCNC[18F]. The van der Waals surface area contributed by atoms with Crippen molar-refractivity contribution in [3.8, 4) is 0 Å². The van der Waals surface area contributed by atoms with Crippen LogP contribution in [0.3, 0.4) is 0 Å². The van der Waals surface area contributed by atoms with Crippen molar-refractivity contribution >= 4 is 0 Å². The molecule has 0 spiro atoms. The predicted molar refractivity (Wildman–Crippen MR) is 334 cm³/mol. The molecule has 0 bridgehead atoms. The van der Waals surface area contributed by atoms with Gasteiger partial charge in [-0.25, -0.2) is 35.1 Å². The minimum atomic E-state index is -0.555. The van der Waals surface area contributed by atoms with Crippen LogP contribution in [-0.4, -0.2) is 403 Å². The molecule has 0 atom stereocenters. The standard InChI is InChI=1S/C7H16FNO.2C6H14FNO.4C5H12FNO.C5H12FN.2C4H10FNO.C3H8FNO/c1-2-9(6-7-10)5-3-4-8;1-8(5-6-9)4-2-3-7;1-2-8(4-3-7)5-6-9;2*1-7(3-2-6)4-5-8;1-2-7(5-6)3-4-8;6-2-1-3-7-4-5-8;1-3-4-7(2)5-6;1-6(4-5)2-3-7;5-1-2-6-3-4-7;4-3-5-1-2-6/h10H,2-7H2,1H3;2*9H,2-6H2,1H3;3*8H,2-5H2,1H3;7-8H,1-5H2;3-5H2,1-2H3;7H,2-4H2,1H3;6-7H,1-4H2;5-6H,1-3H2/i8-1;2*7-1;5*6-1;2*5-1;4-1. The Balaban J connectivity index is -0.0000000813. The topological polar surface area (TPSA) is 264 Å². The van der Waals surface area contributed by atoms with E-state index < -0.39 is 20.4 Å². The van der Waals surface area contributed by atoms with Crippen LogP contribution in [-0.2, 0) is 0 Å². The van der Waals surface area contributed by atoms with Crippen LogP contribution in [0.2, 0.25) is 0 Å². The highest BCUT2D eigenvalue weighted by atomic mass is 18.2. The van der Waals surface area contributed by atoms with Crippen molar-refractivity contribution in [3.63, 3.8) is 0 Å². The minimum Gasteiger partial charge on any atom is -0.395 e. The van der Waals surface area contributed by atoms with E-state index in [0.29, 0.717) is 124 Å². The third-order valence-electron chi connectivity index (χ3n) is 10.0. The molecule has 0 aliphatic rings. The Hall–Kier alpha value is -1.61. The number of halogens is 11. The fraction of sp³-hybridized carbons (Fsp3) is 1.00. The molecule has 0 aromatic heterocycles. The second kappa shape index (κ2) is 115. The van der Waals surface area contributed by atoms with Crippen molar-refractivity contribution in [1.29, 1.82) is 0 Å². The average Bonchev–Trinajstić information content (AvgIpc) is 3.51. The van der Waals surface area contributed by atoms with Crippen molar-refractivity contribution < 1.29 is 99.4 Å². The smallest absolute Gasteiger partial charge is 0.143 e. The fourth-order valence-electron chi connectivity index (χ4n) is 4.94. The summed E-state index contributed by atoms with van der Waals surface area (Å²) in [5, 5.41) is 90.5. The van der Waals surface area contributed by atoms with Crippen LogP contribution in [0.1, 0.15) is 53.4 Å². The quantitative estimate of drug-likeness (QED) is 0.0232. The van der Waals surface area contributed by atoms with Gasteiger partial charge in [-0.3, -0.25) is 38.1 Å². The first-order valence-electron chi connectivity index (χ1n) is 29.8. The first-order valence-corrected chi connectivity index (χ1v) is 29.8. The molecule has 0 aromatic carbocycles. The maximum atomic E-state index is 11.7. The molecule has 32 heteroatoms. The van der Waals surface area contributed by atoms with E-state index in [-0.39, 0.29) is 120 Å². The maximum absolute atomic E-state index is 11.7. The van der Waals surface area contributed by atoms with Crippen LogP contribution < -0.4 is 16.0 Å². The molecule has 0 saturated heterocycles. The summed E-state index contributed by atoms with van der Waals surface area (Å²) in [4.78, 5) is 13.8. The molecule has 0 aromatic rings. The van der Waals surface area contributed by atoms with Crippen LogP contribution in [0.25, 0.3) is 0 Å². The number of nitrogens with one attached hydrogen (secondary N) is 3. The van der Waals surface area contributed by atoms with E-state index in [4.69, 9.17) is 51.1 Å². The van der Waals surface area contributed by atoms with Crippen molar-refractivity contribution in [1.82, 2.24) is 55.1 Å². The third-order valence-corrected chi connectivity index (χ3v) is 10.0. The lowest BCUT2D eigenvalue weighted by molar-refractivity contribution is 0.152. The highest BCUT2D eigenvalue weighted by Crippen LogP contribution is 1.91. The van der Waals surface area contributed by atoms with Crippen LogP contribution in [0.15, 0.2) is 0 Å². The van der Waals surface area contributed by atoms with Crippen LogP contribution in [0, 0.1) is 0 Å². The van der Waals surface area contributed by atoms with Gasteiger partial charge in [0.25, 0.3) is 0 Å². The van der Waals surface area contributed by atoms with Gasteiger partial charge >= 0.3 is 0 Å². The summed E-state index contributed by atoms with van der Waals surface area (Å²) < 4.78 is 126. The molecule has 13 N–H and O–H groups in total. The van der Waals surface area contributed by atoms with Gasteiger partial charge in [-0.1, -0.05) is 27.7 Å². The van der Waals surface area contributed by atoms with Gasteiger partial charge in [0.2, 0.25) is 0 Å². The van der Waals surface area contributed by atoms with Gasteiger partial charge in [-0.2, -0.15) is 0 Å². The summed E-state index contributed by atoms with van der Waals surface area (Å²) in [6.07, 6.45) is 2.71. The molecule has 0 radical (unpaired) electrons. The molecule has 0 heterocycles. The van der Waals surface area contributed by atoms with Gasteiger partial charge in [-0.05, 0) is 93.6 Å². The zero-order valence-corrected chi connectivity index (χ0v) is 55.2. The van der Waals surface area contributed by atoms with Crippen LogP contribution in [0.5, 0.6) is 0 Å². The van der Waals surface area contributed by atoms with Crippen molar-refractivity contribution in [2.24, 2.45) is 0 Å². The molecule has 0 aliphatic carbocycles. The lowest BCUT2D eigenvalue weighted by atomic mass is 10.4. The molecule has 21 nitrogen and oxygen atoms in total. The van der Waals surface area contributed by atoms with Crippen molar-refractivity contribution in [3.05, 3.63) is 0 Å². The van der Waals surface area contributed by atoms with Gasteiger partial charge in [-0.15, -0.1) is 0 Å². The number of likely N-dealkylation sites (N-methyl/N-ethyl adjacent to an activating group) is 7. The lowest BCUT2D eigenvalue weighted by Crippen LogP contribution is -2.28. The molecule has 0 fully saturated rings. The largest absolute Gasteiger partial charge is 0.395 e. The van der Waals surface area contributed by atoms with E-state index in [0.717, 1.165) is 39.1 Å². The lowest BCUT2D eigenvalue weighted by Gasteiger charge is -2.17. The zero-order valence-electron chi connectivity index (χ0n) is 55.2. The Kier molecular flexibility index (Phi) is 145. The molecule has 0 rings (SSSR count). The van der Waals surface area contributed by atoms with Crippen molar-refractivity contribution in [2.45, 2.75) is 53.4 Å². The third kappa shape index (κ3) is 143. The second-order valence-electron chi connectivity index (χ2n) is 17.8. The highest BCUT2D eigenvalue weighted by molar-refractivity contribution is 4.54. The molecular weight excluding hydrogens is 1170 g/mol.